The van der Waals surface area contributed by atoms with E-state index >= 15 is 0 Å². The number of carboxylic acids is 1. The van der Waals surface area contributed by atoms with Gasteiger partial charge < -0.3 is 14.9 Å². The smallest absolute Gasteiger partial charge is 0.305 e. The highest BCUT2D eigenvalue weighted by molar-refractivity contribution is 5.87. The van der Waals surface area contributed by atoms with Crippen LogP contribution in [0, 0.1) is 11.8 Å². The SMILES string of the molecule is CC(C)CN(CCC(=O)O)C(=O)C1CCN(C)C(=O)C1. The van der Waals surface area contributed by atoms with Crippen LogP contribution in [0.4, 0.5) is 0 Å². The van der Waals surface area contributed by atoms with Gasteiger partial charge in [0.2, 0.25) is 11.8 Å². The predicted octanol–water partition coefficient (Wildman–Crippen LogP) is 0.814. The topological polar surface area (TPSA) is 77.9 Å². The zero-order chi connectivity index (χ0) is 15.3. The summed E-state index contributed by atoms with van der Waals surface area (Å²) in [5.41, 5.74) is 0. The van der Waals surface area contributed by atoms with Crippen molar-refractivity contribution in [3.8, 4) is 0 Å². The lowest BCUT2D eigenvalue weighted by Gasteiger charge is -2.32. The van der Waals surface area contributed by atoms with E-state index in [1.807, 2.05) is 13.8 Å². The Morgan fingerprint density at radius 2 is 2.10 bits per heavy atom. The summed E-state index contributed by atoms with van der Waals surface area (Å²) in [6.45, 7) is 5.31. The summed E-state index contributed by atoms with van der Waals surface area (Å²) in [4.78, 5) is 38.1. The second-order valence-electron chi connectivity index (χ2n) is 5.83. The van der Waals surface area contributed by atoms with Crippen molar-refractivity contribution in [3.63, 3.8) is 0 Å². The van der Waals surface area contributed by atoms with Crippen molar-refractivity contribution in [1.82, 2.24) is 9.80 Å². The summed E-state index contributed by atoms with van der Waals surface area (Å²) in [6.07, 6.45) is 0.832. The summed E-state index contributed by atoms with van der Waals surface area (Å²) in [7, 11) is 1.74. The van der Waals surface area contributed by atoms with E-state index < -0.39 is 5.97 Å². The number of carbonyl (C=O) groups is 3. The van der Waals surface area contributed by atoms with Crippen LogP contribution in [0.25, 0.3) is 0 Å². The number of hydrogen-bond donors (Lipinski definition) is 1. The van der Waals surface area contributed by atoms with E-state index in [1.165, 1.54) is 0 Å². The Morgan fingerprint density at radius 1 is 1.45 bits per heavy atom. The van der Waals surface area contributed by atoms with Gasteiger partial charge in [0.25, 0.3) is 0 Å². The fourth-order valence-corrected chi connectivity index (χ4v) is 2.37. The summed E-state index contributed by atoms with van der Waals surface area (Å²) in [6, 6.07) is 0. The second-order valence-corrected chi connectivity index (χ2v) is 5.83. The molecule has 1 unspecified atom stereocenters. The first-order valence-electron chi connectivity index (χ1n) is 7.05. The Kier molecular flexibility index (Phi) is 5.98. The minimum Gasteiger partial charge on any atom is -0.481 e. The molecule has 0 bridgehead atoms. The molecule has 6 heteroatoms. The molecule has 1 fully saturated rings. The van der Waals surface area contributed by atoms with Gasteiger partial charge in [0, 0.05) is 39.0 Å². The molecule has 1 rings (SSSR count). The van der Waals surface area contributed by atoms with Crippen LogP contribution in [0.15, 0.2) is 0 Å². The highest BCUT2D eigenvalue weighted by Crippen LogP contribution is 2.20. The van der Waals surface area contributed by atoms with Crippen molar-refractivity contribution < 1.29 is 19.5 Å². The number of nitrogens with zero attached hydrogens (tertiary/aromatic N) is 2. The fraction of sp³-hybridized carbons (Fsp3) is 0.786. The maximum Gasteiger partial charge on any atom is 0.305 e. The summed E-state index contributed by atoms with van der Waals surface area (Å²) in [5, 5.41) is 8.77. The third-order valence-corrected chi connectivity index (χ3v) is 3.50. The van der Waals surface area contributed by atoms with E-state index in [4.69, 9.17) is 5.11 Å². The van der Waals surface area contributed by atoms with Crippen molar-refractivity contribution in [2.75, 3.05) is 26.7 Å². The molecular weight excluding hydrogens is 260 g/mol. The van der Waals surface area contributed by atoms with E-state index in [9.17, 15) is 14.4 Å². The third-order valence-electron chi connectivity index (χ3n) is 3.50. The van der Waals surface area contributed by atoms with Crippen molar-refractivity contribution in [2.24, 2.45) is 11.8 Å². The molecule has 1 heterocycles. The van der Waals surface area contributed by atoms with Crippen molar-refractivity contribution in [1.29, 1.82) is 0 Å². The predicted molar refractivity (Wildman–Crippen MR) is 74.0 cm³/mol. The number of likely N-dealkylation sites (tertiary alicyclic amines) is 1. The van der Waals surface area contributed by atoms with Gasteiger partial charge in [-0.2, -0.15) is 0 Å². The number of carboxylic acid groups (broad SMARTS) is 1. The first-order chi connectivity index (χ1) is 9.31. The molecule has 1 aliphatic heterocycles. The van der Waals surface area contributed by atoms with Gasteiger partial charge in [-0.15, -0.1) is 0 Å². The molecule has 0 aliphatic carbocycles. The molecule has 6 nitrogen and oxygen atoms in total. The van der Waals surface area contributed by atoms with Gasteiger partial charge in [0.15, 0.2) is 0 Å². The molecule has 20 heavy (non-hydrogen) atoms. The zero-order valence-electron chi connectivity index (χ0n) is 12.5. The van der Waals surface area contributed by atoms with Crippen LogP contribution in [-0.2, 0) is 14.4 Å². The lowest BCUT2D eigenvalue weighted by molar-refractivity contribution is -0.146. The summed E-state index contributed by atoms with van der Waals surface area (Å²) in [5.74, 6) is -1.04. The summed E-state index contributed by atoms with van der Waals surface area (Å²) >= 11 is 0. The maximum atomic E-state index is 12.5. The number of aliphatic carboxylic acids is 1. The molecule has 0 aromatic carbocycles. The second kappa shape index (κ2) is 7.26. The molecule has 114 valence electrons. The lowest BCUT2D eigenvalue weighted by Crippen LogP contribution is -2.45. The third kappa shape index (κ3) is 4.83. The van der Waals surface area contributed by atoms with Crippen LogP contribution in [-0.4, -0.2) is 59.4 Å². The standard InChI is InChI=1S/C14H24N2O4/c1-10(2)9-16(7-5-13(18)19)14(20)11-4-6-15(3)12(17)8-11/h10-11H,4-9H2,1-3H3,(H,18,19). The number of hydrogen-bond acceptors (Lipinski definition) is 3. The molecule has 1 N–H and O–H groups in total. The molecule has 0 saturated carbocycles. The number of rotatable bonds is 6. The van der Waals surface area contributed by atoms with Crippen molar-refractivity contribution >= 4 is 17.8 Å². The Labute approximate surface area is 119 Å². The summed E-state index contributed by atoms with van der Waals surface area (Å²) < 4.78 is 0. The van der Waals surface area contributed by atoms with Gasteiger partial charge in [-0.1, -0.05) is 13.8 Å². The Morgan fingerprint density at radius 3 is 2.60 bits per heavy atom. The first-order valence-corrected chi connectivity index (χ1v) is 7.05. The monoisotopic (exact) mass is 284 g/mol. The minimum absolute atomic E-state index is 0.0164. The van der Waals surface area contributed by atoms with Gasteiger partial charge in [-0.25, -0.2) is 0 Å². The minimum atomic E-state index is -0.911. The largest absolute Gasteiger partial charge is 0.481 e. The van der Waals surface area contributed by atoms with Crippen LogP contribution >= 0.6 is 0 Å². The number of piperidine rings is 1. The molecule has 0 spiro atoms. The molecule has 0 aromatic heterocycles. The molecule has 0 aromatic rings. The number of carbonyl (C=O) groups excluding carboxylic acids is 2. The first kappa shape index (κ1) is 16.5. The van der Waals surface area contributed by atoms with Crippen molar-refractivity contribution in [2.45, 2.75) is 33.1 Å². The lowest BCUT2D eigenvalue weighted by atomic mass is 9.94. The average molecular weight is 284 g/mol. The van der Waals surface area contributed by atoms with Gasteiger partial charge in [0.05, 0.1) is 6.42 Å². The van der Waals surface area contributed by atoms with Crippen LogP contribution < -0.4 is 0 Å². The molecule has 1 saturated heterocycles. The van der Waals surface area contributed by atoms with Gasteiger partial charge >= 0.3 is 5.97 Å². The highest BCUT2D eigenvalue weighted by atomic mass is 16.4. The fourth-order valence-electron chi connectivity index (χ4n) is 2.37. The molecule has 0 radical (unpaired) electrons. The Bertz CT molecular complexity index is 381. The van der Waals surface area contributed by atoms with Crippen LogP contribution in [0.1, 0.15) is 33.1 Å². The average Bonchev–Trinajstić information content (AvgIpc) is 2.36. The van der Waals surface area contributed by atoms with Crippen molar-refractivity contribution in [3.05, 3.63) is 0 Å². The molecule has 1 atom stereocenters. The van der Waals surface area contributed by atoms with E-state index in [-0.39, 0.29) is 43.0 Å². The zero-order valence-corrected chi connectivity index (χ0v) is 12.5. The molecular formula is C14H24N2O4. The van der Waals surface area contributed by atoms with Crippen LogP contribution in [0.2, 0.25) is 0 Å². The highest BCUT2D eigenvalue weighted by Gasteiger charge is 2.31. The van der Waals surface area contributed by atoms with Gasteiger partial charge in [-0.3, -0.25) is 14.4 Å². The quantitative estimate of drug-likeness (QED) is 0.783. The van der Waals surface area contributed by atoms with Gasteiger partial charge in [-0.05, 0) is 12.3 Å². The number of amides is 2. The normalized spacial score (nSPS) is 19.3. The Hall–Kier alpha value is -1.59. The maximum absolute atomic E-state index is 12.5. The van der Waals surface area contributed by atoms with Crippen LogP contribution in [0.5, 0.6) is 0 Å². The van der Waals surface area contributed by atoms with E-state index in [0.717, 1.165) is 0 Å². The molecule has 2 amide bonds. The molecule has 1 aliphatic rings. The Balaban J connectivity index is 2.66. The van der Waals surface area contributed by atoms with Gasteiger partial charge in [0.1, 0.15) is 0 Å². The van der Waals surface area contributed by atoms with E-state index in [0.29, 0.717) is 19.5 Å². The van der Waals surface area contributed by atoms with Crippen LogP contribution in [0.3, 0.4) is 0 Å². The van der Waals surface area contributed by atoms with E-state index in [1.54, 1.807) is 16.8 Å². The van der Waals surface area contributed by atoms with E-state index in [2.05, 4.69) is 0 Å².